The van der Waals surface area contributed by atoms with Crippen LogP contribution in [0.15, 0.2) is 22.8 Å². The summed E-state index contributed by atoms with van der Waals surface area (Å²) in [5, 5.41) is 18.6. The zero-order valence-electron chi connectivity index (χ0n) is 9.07. The van der Waals surface area contributed by atoms with Crippen molar-refractivity contribution < 1.29 is 14.9 Å². The summed E-state index contributed by atoms with van der Waals surface area (Å²) >= 11 is 3.24. The van der Waals surface area contributed by atoms with Crippen molar-refractivity contribution in [3.05, 3.63) is 28.5 Å². The van der Waals surface area contributed by atoms with Crippen LogP contribution in [0.2, 0.25) is 0 Å². The van der Waals surface area contributed by atoms with Crippen LogP contribution in [-0.2, 0) is 6.61 Å². The number of hydrogen-bond donors (Lipinski definition) is 3. The van der Waals surface area contributed by atoms with Gasteiger partial charge in [0.05, 0.1) is 30.1 Å². The smallest absolute Gasteiger partial charge is 0.172 e. The van der Waals surface area contributed by atoms with Gasteiger partial charge in [0.2, 0.25) is 0 Å². The van der Waals surface area contributed by atoms with Gasteiger partial charge in [-0.25, -0.2) is 4.98 Å². The van der Waals surface area contributed by atoms with Gasteiger partial charge in [-0.05, 0) is 28.1 Å². The van der Waals surface area contributed by atoms with E-state index in [4.69, 9.17) is 9.84 Å². The fourth-order valence-corrected chi connectivity index (χ4v) is 1.89. The highest BCUT2D eigenvalue weighted by atomic mass is 79.9. The van der Waals surface area contributed by atoms with Crippen LogP contribution in [0, 0.1) is 0 Å². The first-order chi connectivity index (χ1) is 8.15. The van der Waals surface area contributed by atoms with E-state index in [2.05, 4.69) is 25.9 Å². The van der Waals surface area contributed by atoms with Gasteiger partial charge in [-0.3, -0.25) is 0 Å². The normalized spacial score (nSPS) is 10.5. The molecule has 17 heavy (non-hydrogen) atoms. The lowest BCUT2D eigenvalue weighted by Gasteiger charge is -2.07. The molecule has 0 amide bonds. The number of benzene rings is 1. The van der Waals surface area contributed by atoms with Gasteiger partial charge in [0, 0.05) is 5.56 Å². The zero-order valence-corrected chi connectivity index (χ0v) is 10.7. The van der Waals surface area contributed by atoms with Crippen molar-refractivity contribution in [3.63, 3.8) is 0 Å². The van der Waals surface area contributed by atoms with Crippen LogP contribution in [0.25, 0.3) is 11.4 Å². The van der Waals surface area contributed by atoms with Crippen LogP contribution in [0.5, 0.6) is 11.5 Å². The lowest BCUT2D eigenvalue weighted by molar-refractivity contribution is 0.277. The fourth-order valence-electron chi connectivity index (χ4n) is 1.45. The van der Waals surface area contributed by atoms with Gasteiger partial charge in [-0.1, -0.05) is 0 Å². The third-order valence-corrected chi connectivity index (χ3v) is 2.93. The van der Waals surface area contributed by atoms with Gasteiger partial charge in [0.25, 0.3) is 0 Å². The Morgan fingerprint density at radius 1 is 1.47 bits per heavy atom. The molecule has 3 N–H and O–H groups in total. The minimum atomic E-state index is -0.0939. The third-order valence-electron chi connectivity index (χ3n) is 2.32. The van der Waals surface area contributed by atoms with Gasteiger partial charge in [0.15, 0.2) is 11.5 Å². The quantitative estimate of drug-likeness (QED) is 0.810. The van der Waals surface area contributed by atoms with Crippen molar-refractivity contribution in [2.24, 2.45) is 0 Å². The molecule has 0 aliphatic rings. The maximum Gasteiger partial charge on any atom is 0.172 e. The molecule has 0 spiro atoms. The average molecular weight is 299 g/mol. The number of rotatable bonds is 3. The number of aromatic hydroxyl groups is 1. The molecule has 0 fully saturated rings. The minimum Gasteiger partial charge on any atom is -0.503 e. The van der Waals surface area contributed by atoms with Crippen molar-refractivity contribution in [3.8, 4) is 22.9 Å². The second-order valence-electron chi connectivity index (χ2n) is 3.42. The first-order valence-corrected chi connectivity index (χ1v) is 5.66. The summed E-state index contributed by atoms with van der Waals surface area (Å²) in [5.41, 5.74) is 1.38. The summed E-state index contributed by atoms with van der Waals surface area (Å²) in [6.45, 7) is -0.0939. The maximum atomic E-state index is 9.68. The Kier molecular flexibility index (Phi) is 3.35. The van der Waals surface area contributed by atoms with E-state index >= 15 is 0 Å². The van der Waals surface area contributed by atoms with Crippen LogP contribution in [0.3, 0.4) is 0 Å². The van der Waals surface area contributed by atoms with Gasteiger partial charge >= 0.3 is 0 Å². The van der Waals surface area contributed by atoms with Crippen molar-refractivity contribution in [2.45, 2.75) is 6.61 Å². The average Bonchev–Trinajstić information content (AvgIpc) is 2.81. The van der Waals surface area contributed by atoms with E-state index in [9.17, 15) is 5.11 Å². The highest BCUT2D eigenvalue weighted by Gasteiger charge is 2.11. The Labute approximate surface area is 106 Å². The molecule has 0 bridgehead atoms. The number of nitrogens with zero attached hydrogens (tertiary/aromatic N) is 1. The summed E-state index contributed by atoms with van der Waals surface area (Å²) in [4.78, 5) is 7.09. The molecule has 2 aromatic rings. The molecule has 1 aromatic heterocycles. The van der Waals surface area contributed by atoms with E-state index in [1.54, 1.807) is 18.3 Å². The summed E-state index contributed by atoms with van der Waals surface area (Å²) in [6.07, 6.45) is 1.56. The number of aliphatic hydroxyl groups is 1. The minimum absolute atomic E-state index is 0.0465. The third kappa shape index (κ3) is 2.27. The number of aliphatic hydroxyl groups excluding tert-OH is 1. The molecule has 2 rings (SSSR count). The van der Waals surface area contributed by atoms with E-state index in [-0.39, 0.29) is 12.4 Å². The zero-order chi connectivity index (χ0) is 12.4. The Bertz CT molecular complexity index is 540. The van der Waals surface area contributed by atoms with Crippen LogP contribution in [0.1, 0.15) is 5.69 Å². The standard InChI is InChI=1S/C11H11BrN2O3/c1-17-9-3-6(2-8(12)10(9)16)11-13-4-7(5-15)14-11/h2-4,15-16H,5H2,1H3,(H,13,14). The lowest BCUT2D eigenvalue weighted by atomic mass is 10.2. The largest absolute Gasteiger partial charge is 0.503 e. The molecule has 0 aliphatic heterocycles. The monoisotopic (exact) mass is 298 g/mol. The number of halogens is 1. The predicted octanol–water partition coefficient (Wildman–Crippen LogP) is 2.05. The number of phenols is 1. The highest BCUT2D eigenvalue weighted by molar-refractivity contribution is 9.10. The second-order valence-corrected chi connectivity index (χ2v) is 4.28. The van der Waals surface area contributed by atoms with Crippen molar-refractivity contribution in [1.29, 1.82) is 0 Å². The van der Waals surface area contributed by atoms with Gasteiger partial charge in [-0.2, -0.15) is 0 Å². The van der Waals surface area contributed by atoms with Crippen molar-refractivity contribution in [2.75, 3.05) is 7.11 Å². The maximum absolute atomic E-state index is 9.68. The molecule has 6 heteroatoms. The topological polar surface area (TPSA) is 78.4 Å². The van der Waals surface area contributed by atoms with E-state index in [0.717, 1.165) is 5.56 Å². The van der Waals surface area contributed by atoms with Crippen molar-refractivity contribution >= 4 is 15.9 Å². The Balaban J connectivity index is 2.48. The summed E-state index contributed by atoms with van der Waals surface area (Å²) < 4.78 is 5.57. The van der Waals surface area contributed by atoms with Gasteiger partial charge in [-0.15, -0.1) is 0 Å². The number of methoxy groups -OCH3 is 1. The molecule has 0 saturated heterocycles. The number of ether oxygens (including phenoxy) is 1. The first-order valence-electron chi connectivity index (χ1n) is 4.87. The van der Waals surface area contributed by atoms with E-state index in [1.807, 2.05) is 0 Å². The molecule has 0 saturated carbocycles. The van der Waals surface area contributed by atoms with Crippen LogP contribution in [-0.4, -0.2) is 27.3 Å². The Hall–Kier alpha value is -1.53. The lowest BCUT2D eigenvalue weighted by Crippen LogP contribution is -1.88. The Morgan fingerprint density at radius 3 is 2.82 bits per heavy atom. The number of aromatic amines is 1. The molecule has 0 aliphatic carbocycles. The molecule has 0 radical (unpaired) electrons. The van der Waals surface area contributed by atoms with E-state index < -0.39 is 0 Å². The summed E-state index contributed by atoms with van der Waals surface area (Å²) in [7, 11) is 1.48. The molecule has 0 atom stereocenters. The fraction of sp³-hybridized carbons (Fsp3) is 0.182. The molecular formula is C11H11BrN2O3. The van der Waals surface area contributed by atoms with Crippen LogP contribution < -0.4 is 4.74 Å². The number of aromatic nitrogens is 2. The molecule has 90 valence electrons. The molecule has 5 nitrogen and oxygen atoms in total. The summed E-state index contributed by atoms with van der Waals surface area (Å²) in [5.74, 6) is 1.01. The SMILES string of the molecule is COc1cc(-c2ncc(CO)[nH]2)cc(Br)c1O. The van der Waals surface area contributed by atoms with Gasteiger partial charge in [0.1, 0.15) is 5.82 Å². The molecular weight excluding hydrogens is 288 g/mol. The highest BCUT2D eigenvalue weighted by Crippen LogP contribution is 2.37. The summed E-state index contributed by atoms with van der Waals surface area (Å²) in [6, 6.07) is 3.39. The number of phenolic OH excluding ortho intramolecular Hbond substituents is 1. The Morgan fingerprint density at radius 2 is 2.24 bits per heavy atom. The second kappa shape index (κ2) is 4.77. The van der Waals surface area contributed by atoms with Crippen molar-refractivity contribution in [1.82, 2.24) is 9.97 Å². The van der Waals surface area contributed by atoms with Gasteiger partial charge < -0.3 is 19.9 Å². The number of imidazole rings is 1. The van der Waals surface area contributed by atoms with E-state index in [1.165, 1.54) is 7.11 Å². The molecule has 0 unspecified atom stereocenters. The number of H-pyrrole nitrogens is 1. The van der Waals surface area contributed by atoms with Crippen LogP contribution >= 0.6 is 15.9 Å². The first kappa shape index (κ1) is 11.9. The predicted molar refractivity (Wildman–Crippen MR) is 65.9 cm³/mol. The molecule has 1 heterocycles. The molecule has 1 aromatic carbocycles. The van der Waals surface area contributed by atoms with E-state index in [0.29, 0.717) is 21.7 Å². The number of nitrogens with one attached hydrogen (secondary N) is 1. The van der Waals surface area contributed by atoms with Crippen LogP contribution in [0.4, 0.5) is 0 Å². The number of hydrogen-bond acceptors (Lipinski definition) is 4.